The van der Waals surface area contributed by atoms with E-state index in [1.807, 2.05) is 0 Å². The molecule has 3 heteroatoms. The maximum atomic E-state index is 10.4. The Balaban J connectivity index is 1.40. The average Bonchev–Trinajstić information content (AvgIpc) is 3.27. The van der Waals surface area contributed by atoms with E-state index in [9.17, 15) is 5.11 Å². The second kappa shape index (κ2) is 7.57. The molecule has 5 rings (SSSR count). The van der Waals surface area contributed by atoms with Crippen LogP contribution >= 0.6 is 0 Å². The van der Waals surface area contributed by atoms with E-state index in [1.54, 1.807) is 0 Å². The predicted octanol–water partition coefficient (Wildman–Crippen LogP) is 6.55. The van der Waals surface area contributed by atoms with E-state index in [0.29, 0.717) is 35.0 Å². The normalized spacial score (nSPS) is 53.3. The lowest BCUT2D eigenvalue weighted by molar-refractivity contribution is -0.350. The second-order valence-corrected chi connectivity index (χ2v) is 13.1. The summed E-state index contributed by atoms with van der Waals surface area (Å²) >= 11 is 0. The third-order valence-electron chi connectivity index (χ3n) is 11.5. The van der Waals surface area contributed by atoms with Crippen molar-refractivity contribution < 1.29 is 14.9 Å². The molecule has 31 heavy (non-hydrogen) atoms. The first kappa shape index (κ1) is 22.4. The van der Waals surface area contributed by atoms with E-state index < -0.39 is 0 Å². The van der Waals surface area contributed by atoms with Crippen LogP contribution in [0.1, 0.15) is 92.9 Å². The van der Waals surface area contributed by atoms with Crippen LogP contribution in [-0.4, -0.2) is 22.9 Å². The summed E-state index contributed by atoms with van der Waals surface area (Å²) in [5.41, 5.74) is 0.329. The van der Waals surface area contributed by atoms with Gasteiger partial charge in [0.1, 0.15) is 5.60 Å². The molecule has 0 aromatic heterocycles. The van der Waals surface area contributed by atoms with Crippen LogP contribution in [0.25, 0.3) is 0 Å². The van der Waals surface area contributed by atoms with Crippen molar-refractivity contribution in [3.63, 3.8) is 0 Å². The minimum Gasteiger partial charge on any atom is -0.393 e. The molecule has 1 N–H and O–H groups in total. The first-order valence-corrected chi connectivity index (χ1v) is 13.3. The largest absolute Gasteiger partial charge is 0.393 e. The fourth-order valence-electron chi connectivity index (χ4n) is 9.19. The molecule has 2 bridgehead atoms. The number of hydrogen-bond acceptors (Lipinski definition) is 3. The molecule has 1 aliphatic heterocycles. The van der Waals surface area contributed by atoms with Crippen LogP contribution in [0.2, 0.25) is 0 Å². The summed E-state index contributed by atoms with van der Waals surface area (Å²) in [6.07, 6.45) is 14.2. The first-order chi connectivity index (χ1) is 14.6. The molecular formula is C28H46O3. The van der Waals surface area contributed by atoms with Crippen LogP contribution < -0.4 is 0 Å². The van der Waals surface area contributed by atoms with E-state index in [2.05, 4.69) is 53.7 Å². The molecule has 176 valence electrons. The minimum absolute atomic E-state index is 0.154. The van der Waals surface area contributed by atoms with Crippen molar-refractivity contribution in [2.75, 3.05) is 0 Å². The van der Waals surface area contributed by atoms with Crippen molar-refractivity contribution in [3.05, 3.63) is 12.2 Å². The summed E-state index contributed by atoms with van der Waals surface area (Å²) in [6, 6.07) is 0. The zero-order valence-corrected chi connectivity index (χ0v) is 20.8. The Morgan fingerprint density at radius 2 is 1.68 bits per heavy atom. The van der Waals surface area contributed by atoms with Crippen molar-refractivity contribution in [1.82, 2.24) is 0 Å². The molecule has 0 radical (unpaired) electrons. The molecule has 0 aromatic rings. The average molecular weight is 431 g/mol. The number of fused-ring (bicyclic) bond motifs is 6. The topological polar surface area (TPSA) is 38.7 Å². The molecule has 5 aliphatic rings. The standard InChI is InChI=1S/C28H46O3/c1-17(2)18(3)7-8-19(4)21-9-10-22-25-23(12-13-26(21,22)5)27(6)14-11-20(29)15-28(27)16-24(25)30-31-28/h7-8,17-25,29H,9-16H2,1-6H3/b8-7+/t18-,19+,20-,21+,22-,23-,24+,25-,26+,27+,28-/m0/s1. The van der Waals surface area contributed by atoms with Gasteiger partial charge in [-0.05, 0) is 85.4 Å². The number of hydrogen-bond donors (Lipinski definition) is 1. The Bertz CT molecular complexity index is 717. The molecule has 4 saturated carbocycles. The molecule has 11 atom stereocenters. The summed E-state index contributed by atoms with van der Waals surface area (Å²) in [7, 11) is 0. The number of aliphatic hydroxyl groups excluding tert-OH is 1. The third kappa shape index (κ3) is 3.16. The Hall–Kier alpha value is -0.380. The molecule has 5 fully saturated rings. The highest BCUT2D eigenvalue weighted by molar-refractivity contribution is 5.18. The highest BCUT2D eigenvalue weighted by Crippen LogP contribution is 2.71. The molecule has 1 heterocycles. The van der Waals surface area contributed by atoms with Crippen LogP contribution in [0.3, 0.4) is 0 Å². The van der Waals surface area contributed by atoms with Gasteiger partial charge in [0.05, 0.1) is 12.2 Å². The molecule has 3 nitrogen and oxygen atoms in total. The van der Waals surface area contributed by atoms with E-state index >= 15 is 0 Å². The van der Waals surface area contributed by atoms with Crippen molar-refractivity contribution in [2.24, 2.45) is 52.3 Å². The van der Waals surface area contributed by atoms with Crippen molar-refractivity contribution in [1.29, 1.82) is 0 Å². The summed E-state index contributed by atoms with van der Waals surface area (Å²) in [6.45, 7) is 14.6. The fraction of sp³-hybridized carbons (Fsp3) is 0.929. The first-order valence-electron chi connectivity index (χ1n) is 13.3. The Morgan fingerprint density at radius 3 is 2.42 bits per heavy atom. The predicted molar refractivity (Wildman–Crippen MR) is 124 cm³/mol. The Labute approximate surface area is 190 Å². The van der Waals surface area contributed by atoms with Gasteiger partial charge in [0.2, 0.25) is 0 Å². The molecule has 0 aromatic carbocycles. The van der Waals surface area contributed by atoms with Crippen LogP contribution in [0.4, 0.5) is 0 Å². The summed E-state index contributed by atoms with van der Waals surface area (Å²) in [4.78, 5) is 12.4. The lowest BCUT2D eigenvalue weighted by atomic mass is 9.42. The fourth-order valence-corrected chi connectivity index (χ4v) is 9.19. The highest BCUT2D eigenvalue weighted by Gasteiger charge is 2.71. The van der Waals surface area contributed by atoms with E-state index in [1.165, 1.54) is 25.7 Å². The number of allylic oxidation sites excluding steroid dienone is 2. The molecule has 1 spiro atoms. The molecule has 4 aliphatic carbocycles. The van der Waals surface area contributed by atoms with Gasteiger partial charge in [-0.1, -0.05) is 53.7 Å². The number of rotatable bonds is 4. The summed E-state index contributed by atoms with van der Waals surface area (Å²) in [5, 5.41) is 10.4. The molecule has 0 amide bonds. The van der Waals surface area contributed by atoms with E-state index in [4.69, 9.17) is 9.78 Å². The van der Waals surface area contributed by atoms with Crippen LogP contribution in [0.15, 0.2) is 12.2 Å². The Morgan fingerprint density at radius 1 is 0.903 bits per heavy atom. The maximum Gasteiger partial charge on any atom is 0.114 e. The molecule has 1 saturated heterocycles. The quantitative estimate of drug-likeness (QED) is 0.406. The smallest absolute Gasteiger partial charge is 0.114 e. The van der Waals surface area contributed by atoms with Gasteiger partial charge in [0.25, 0.3) is 0 Å². The van der Waals surface area contributed by atoms with Crippen molar-refractivity contribution >= 4 is 0 Å². The van der Waals surface area contributed by atoms with Gasteiger partial charge in [-0.25, -0.2) is 9.78 Å². The van der Waals surface area contributed by atoms with Gasteiger partial charge in [0.15, 0.2) is 0 Å². The van der Waals surface area contributed by atoms with Gasteiger partial charge >= 0.3 is 0 Å². The van der Waals surface area contributed by atoms with Crippen molar-refractivity contribution in [2.45, 2.75) is 111 Å². The van der Waals surface area contributed by atoms with Gasteiger partial charge < -0.3 is 5.11 Å². The third-order valence-corrected chi connectivity index (χ3v) is 11.5. The van der Waals surface area contributed by atoms with Gasteiger partial charge in [-0.3, -0.25) is 0 Å². The molecule has 0 unspecified atom stereocenters. The summed E-state index contributed by atoms with van der Waals surface area (Å²) in [5.74, 6) is 4.86. The monoisotopic (exact) mass is 430 g/mol. The highest BCUT2D eigenvalue weighted by atomic mass is 17.2. The molecular weight excluding hydrogens is 384 g/mol. The van der Waals surface area contributed by atoms with Gasteiger partial charge in [0, 0.05) is 18.3 Å². The SMILES string of the molecule is CC(C)[C@@H](C)/C=C/[C@@H](C)[C@H]1CC[C@H]2[C@@H]3[C@H]4C[C@]5(C[C@@H](O)CC[C@]5(C)[C@H]3CC[C@]12C)OO4. The zero-order chi connectivity index (χ0) is 22.2. The van der Waals surface area contributed by atoms with Crippen LogP contribution in [-0.2, 0) is 9.78 Å². The lowest BCUT2D eigenvalue weighted by Crippen LogP contribution is -2.63. The van der Waals surface area contributed by atoms with Gasteiger partial charge in [-0.15, -0.1) is 0 Å². The number of aliphatic hydroxyl groups is 1. The zero-order valence-electron chi connectivity index (χ0n) is 20.8. The van der Waals surface area contributed by atoms with E-state index in [0.717, 1.165) is 37.5 Å². The second-order valence-electron chi connectivity index (χ2n) is 13.1. The van der Waals surface area contributed by atoms with Gasteiger partial charge in [-0.2, -0.15) is 0 Å². The minimum atomic E-state index is -0.245. The van der Waals surface area contributed by atoms with E-state index in [-0.39, 0.29) is 23.2 Å². The maximum absolute atomic E-state index is 10.4. The summed E-state index contributed by atoms with van der Waals surface area (Å²) < 4.78 is 0. The Kier molecular flexibility index (Phi) is 5.47. The van der Waals surface area contributed by atoms with Crippen LogP contribution in [0.5, 0.6) is 0 Å². The van der Waals surface area contributed by atoms with Crippen molar-refractivity contribution in [3.8, 4) is 0 Å². The lowest BCUT2D eigenvalue weighted by Gasteiger charge is -2.62. The van der Waals surface area contributed by atoms with Crippen LogP contribution in [0, 0.1) is 52.3 Å².